The van der Waals surface area contributed by atoms with Crippen LogP contribution < -0.4 is 21.9 Å². The molecule has 4 rings (SSSR count). The first-order valence-corrected chi connectivity index (χ1v) is 10.7. The number of hydrogen-bond acceptors (Lipinski definition) is 5. The van der Waals surface area contributed by atoms with Crippen LogP contribution in [0.15, 0.2) is 21.2 Å². The minimum atomic E-state index is -0.283. The summed E-state index contributed by atoms with van der Waals surface area (Å²) in [5.74, 6) is 1.44. The van der Waals surface area contributed by atoms with E-state index in [0.29, 0.717) is 36.7 Å². The van der Waals surface area contributed by atoms with E-state index in [4.69, 9.17) is 10.7 Å². The van der Waals surface area contributed by atoms with E-state index in [9.17, 15) is 9.59 Å². The van der Waals surface area contributed by atoms with Crippen molar-refractivity contribution in [3.05, 3.63) is 32.5 Å². The molecule has 0 spiro atoms. The summed E-state index contributed by atoms with van der Waals surface area (Å²) in [4.78, 5) is 33.0. The van der Waals surface area contributed by atoms with Crippen molar-refractivity contribution in [2.75, 3.05) is 18.0 Å². The molecule has 2 aromatic rings. The highest BCUT2D eigenvalue weighted by molar-refractivity contribution is 5.75. The molecule has 8 nitrogen and oxygen atoms in total. The van der Waals surface area contributed by atoms with Gasteiger partial charge in [-0.2, -0.15) is 4.98 Å². The number of aryl methyl sites for hydroxylation is 1. The molecule has 8 heteroatoms. The van der Waals surface area contributed by atoms with Gasteiger partial charge in [0.1, 0.15) is 0 Å². The van der Waals surface area contributed by atoms with Gasteiger partial charge in [-0.15, -0.1) is 0 Å². The van der Waals surface area contributed by atoms with Crippen LogP contribution in [0.4, 0.5) is 5.95 Å². The smallest absolute Gasteiger partial charge is 0.332 e. The highest BCUT2D eigenvalue weighted by atomic mass is 16.2. The molecule has 2 aromatic heterocycles. The number of nitrogens with two attached hydrogens (primary N) is 1. The fourth-order valence-electron chi connectivity index (χ4n) is 4.15. The van der Waals surface area contributed by atoms with Crippen LogP contribution in [0.1, 0.15) is 46.0 Å². The Morgan fingerprint density at radius 2 is 1.97 bits per heavy atom. The monoisotopic (exact) mass is 400 g/mol. The predicted octanol–water partition coefficient (Wildman–Crippen LogP) is 1.59. The lowest BCUT2D eigenvalue weighted by atomic mass is 10.1. The van der Waals surface area contributed by atoms with E-state index < -0.39 is 0 Å². The van der Waals surface area contributed by atoms with Crippen molar-refractivity contribution < 1.29 is 0 Å². The largest absolute Gasteiger partial charge is 0.341 e. The van der Waals surface area contributed by atoms with Crippen LogP contribution in [0.3, 0.4) is 0 Å². The third-order valence-electron chi connectivity index (χ3n) is 6.09. The molecule has 1 unspecified atom stereocenters. The Balaban J connectivity index is 1.90. The van der Waals surface area contributed by atoms with Gasteiger partial charge in [0.2, 0.25) is 5.95 Å². The van der Waals surface area contributed by atoms with Crippen molar-refractivity contribution >= 4 is 17.1 Å². The molecule has 2 fully saturated rings. The van der Waals surface area contributed by atoms with Gasteiger partial charge in [-0.3, -0.25) is 13.9 Å². The predicted molar refractivity (Wildman–Crippen MR) is 115 cm³/mol. The van der Waals surface area contributed by atoms with Crippen molar-refractivity contribution in [2.24, 2.45) is 18.7 Å². The summed E-state index contributed by atoms with van der Waals surface area (Å²) in [5.41, 5.74) is 7.84. The van der Waals surface area contributed by atoms with E-state index in [2.05, 4.69) is 11.0 Å². The summed E-state index contributed by atoms with van der Waals surface area (Å²) in [6.07, 6.45) is 7.51. The summed E-state index contributed by atoms with van der Waals surface area (Å²) < 4.78 is 4.89. The third-order valence-corrected chi connectivity index (χ3v) is 6.09. The average Bonchev–Trinajstić information content (AvgIpc) is 3.43. The second kappa shape index (κ2) is 7.82. The zero-order chi connectivity index (χ0) is 20.7. The van der Waals surface area contributed by atoms with Gasteiger partial charge in [-0.1, -0.05) is 24.5 Å². The standard InChI is InChI=1S/C21H32N6O2/c1-14(2)8-11-26-17-18(23-20(26)25-10-4-5-16(22)13-25)27(12-9-15-6-7-15)21(29)24(3)19(17)28/h8,15-16H,4-7,9-13,22H2,1-3H3. The summed E-state index contributed by atoms with van der Waals surface area (Å²) in [6.45, 7) is 6.81. The van der Waals surface area contributed by atoms with E-state index in [-0.39, 0.29) is 17.3 Å². The molecule has 0 aromatic carbocycles. The minimum absolute atomic E-state index is 0.0976. The molecule has 29 heavy (non-hydrogen) atoms. The van der Waals surface area contributed by atoms with Crippen molar-refractivity contribution in [3.8, 4) is 0 Å². The summed E-state index contributed by atoms with van der Waals surface area (Å²) in [7, 11) is 1.56. The van der Waals surface area contributed by atoms with E-state index in [1.54, 1.807) is 11.6 Å². The van der Waals surface area contributed by atoms with Crippen LogP contribution in [0, 0.1) is 5.92 Å². The highest BCUT2D eigenvalue weighted by Crippen LogP contribution is 2.33. The molecule has 3 heterocycles. The molecule has 1 saturated heterocycles. The molecule has 1 atom stereocenters. The molecular weight excluding hydrogens is 368 g/mol. The highest BCUT2D eigenvalue weighted by Gasteiger charge is 2.27. The van der Waals surface area contributed by atoms with Crippen molar-refractivity contribution in [2.45, 2.75) is 65.1 Å². The third kappa shape index (κ3) is 3.90. The Bertz CT molecular complexity index is 1050. The number of fused-ring (bicyclic) bond motifs is 1. The Hall–Kier alpha value is -2.35. The zero-order valence-corrected chi connectivity index (χ0v) is 17.7. The first-order valence-electron chi connectivity index (χ1n) is 10.7. The van der Waals surface area contributed by atoms with Gasteiger partial charge in [0.05, 0.1) is 0 Å². The first kappa shape index (κ1) is 19.9. The number of nitrogens with zero attached hydrogens (tertiary/aromatic N) is 5. The van der Waals surface area contributed by atoms with Gasteiger partial charge in [-0.05, 0) is 39.0 Å². The van der Waals surface area contributed by atoms with Crippen LogP contribution >= 0.6 is 0 Å². The van der Waals surface area contributed by atoms with Crippen molar-refractivity contribution in [1.29, 1.82) is 0 Å². The molecular formula is C21H32N6O2. The van der Waals surface area contributed by atoms with Gasteiger partial charge in [0, 0.05) is 39.3 Å². The molecule has 0 amide bonds. The Morgan fingerprint density at radius 1 is 1.21 bits per heavy atom. The number of piperidine rings is 1. The number of allylic oxidation sites excluding steroid dienone is 2. The maximum atomic E-state index is 13.1. The van der Waals surface area contributed by atoms with E-state index in [1.807, 2.05) is 18.4 Å². The minimum Gasteiger partial charge on any atom is -0.341 e. The molecule has 2 N–H and O–H groups in total. The number of anilines is 1. The second-order valence-electron chi connectivity index (χ2n) is 8.85. The topological polar surface area (TPSA) is 91.1 Å². The number of hydrogen-bond donors (Lipinski definition) is 1. The lowest BCUT2D eigenvalue weighted by Crippen LogP contribution is -2.44. The van der Waals surface area contributed by atoms with E-state index in [1.165, 1.54) is 23.0 Å². The zero-order valence-electron chi connectivity index (χ0n) is 17.7. The molecule has 2 aliphatic rings. The van der Waals surface area contributed by atoms with Gasteiger partial charge in [0.25, 0.3) is 5.56 Å². The molecule has 158 valence electrons. The maximum absolute atomic E-state index is 13.1. The van der Waals surface area contributed by atoms with Gasteiger partial charge in [-0.25, -0.2) is 4.79 Å². The van der Waals surface area contributed by atoms with Gasteiger partial charge < -0.3 is 15.2 Å². The molecule has 1 aliphatic carbocycles. The summed E-state index contributed by atoms with van der Waals surface area (Å²) in [5, 5.41) is 0. The van der Waals surface area contributed by atoms with Crippen LogP contribution in [-0.4, -0.2) is 37.8 Å². The Labute approximate surface area is 170 Å². The van der Waals surface area contributed by atoms with Crippen molar-refractivity contribution in [3.63, 3.8) is 0 Å². The fourth-order valence-corrected chi connectivity index (χ4v) is 4.15. The van der Waals surface area contributed by atoms with E-state index >= 15 is 0 Å². The Morgan fingerprint density at radius 3 is 2.62 bits per heavy atom. The maximum Gasteiger partial charge on any atom is 0.332 e. The van der Waals surface area contributed by atoms with Crippen LogP contribution in [0.5, 0.6) is 0 Å². The lowest BCUT2D eigenvalue weighted by Gasteiger charge is -2.31. The number of rotatable bonds is 6. The Kier molecular flexibility index (Phi) is 5.38. The van der Waals surface area contributed by atoms with Crippen LogP contribution in [0.25, 0.3) is 11.2 Å². The first-order chi connectivity index (χ1) is 13.9. The quantitative estimate of drug-likeness (QED) is 0.744. The molecule has 0 bridgehead atoms. The lowest BCUT2D eigenvalue weighted by molar-refractivity contribution is 0.495. The molecule has 0 radical (unpaired) electrons. The summed E-state index contributed by atoms with van der Waals surface area (Å²) in [6, 6.07) is 0.0976. The van der Waals surface area contributed by atoms with Crippen LogP contribution in [-0.2, 0) is 20.1 Å². The number of imidazole rings is 1. The fraction of sp³-hybridized carbons (Fsp3) is 0.667. The molecule has 1 aliphatic heterocycles. The summed E-state index contributed by atoms with van der Waals surface area (Å²) >= 11 is 0. The SMILES string of the molecule is CC(C)=CCn1c(N2CCCC(N)C2)nc2c1c(=O)n(C)c(=O)n2CCC1CC1. The normalized spacial score (nSPS) is 19.7. The second-order valence-corrected chi connectivity index (χ2v) is 8.85. The van der Waals surface area contributed by atoms with Crippen LogP contribution in [0.2, 0.25) is 0 Å². The average molecular weight is 401 g/mol. The number of aromatic nitrogens is 4. The van der Waals surface area contributed by atoms with E-state index in [0.717, 1.165) is 31.8 Å². The van der Waals surface area contributed by atoms with Gasteiger partial charge in [0.15, 0.2) is 11.2 Å². The van der Waals surface area contributed by atoms with Crippen molar-refractivity contribution in [1.82, 2.24) is 18.7 Å². The molecule has 1 saturated carbocycles. The van der Waals surface area contributed by atoms with Gasteiger partial charge >= 0.3 is 5.69 Å².